The second kappa shape index (κ2) is 6.40. The maximum Gasteiger partial charge on any atom is 0.264 e. The Morgan fingerprint density at radius 1 is 1.30 bits per heavy atom. The lowest BCUT2D eigenvalue weighted by Crippen LogP contribution is -2.05. The van der Waals surface area contributed by atoms with Gasteiger partial charge in [-0.2, -0.15) is 5.10 Å². The van der Waals surface area contributed by atoms with Crippen LogP contribution in [0.5, 0.6) is 5.75 Å². The van der Waals surface area contributed by atoms with Gasteiger partial charge in [0.2, 0.25) is 0 Å². The average molecular weight is 290 g/mol. The number of hydrogen-bond acceptors (Lipinski definition) is 4. The molecule has 0 aliphatic carbocycles. The molecule has 0 fully saturated rings. The third kappa shape index (κ3) is 3.49. The quantitative estimate of drug-likeness (QED) is 0.869. The number of methoxy groups -OCH3 is 1. The number of nitrogens with one attached hydrogen (secondary N) is 1. The van der Waals surface area contributed by atoms with Crippen molar-refractivity contribution >= 4 is 23.3 Å². The van der Waals surface area contributed by atoms with Crippen molar-refractivity contribution in [3.8, 4) is 5.75 Å². The van der Waals surface area contributed by atoms with E-state index in [-0.39, 0.29) is 5.56 Å². The molecule has 0 bridgehead atoms. The summed E-state index contributed by atoms with van der Waals surface area (Å²) in [5.41, 5.74) is 1.19. The highest BCUT2D eigenvalue weighted by Gasteiger charge is 2.11. The van der Waals surface area contributed by atoms with E-state index in [9.17, 15) is 9.35 Å². The van der Waals surface area contributed by atoms with Crippen LogP contribution in [0.25, 0.3) is 12.2 Å². The van der Waals surface area contributed by atoms with Crippen LogP contribution in [0.15, 0.2) is 40.0 Å². The van der Waals surface area contributed by atoms with E-state index in [1.807, 2.05) is 6.07 Å². The predicted molar refractivity (Wildman–Crippen MR) is 79.1 cm³/mol. The van der Waals surface area contributed by atoms with Crippen LogP contribution in [0.2, 0.25) is 0 Å². The fraction of sp³-hybridized carbons (Fsp3) is 0.143. The smallest absolute Gasteiger partial charge is 0.264 e. The van der Waals surface area contributed by atoms with Gasteiger partial charge in [-0.05, 0) is 41.5 Å². The molecule has 1 N–H and O–H groups in total. The molecule has 0 saturated heterocycles. The summed E-state index contributed by atoms with van der Waals surface area (Å²) in [4.78, 5) is 11.6. The molecule has 0 aliphatic heterocycles. The summed E-state index contributed by atoms with van der Waals surface area (Å²) >= 11 is -1.12. The molecular formula is C14H14N2O3S. The van der Waals surface area contributed by atoms with Crippen molar-refractivity contribution in [1.82, 2.24) is 10.2 Å². The Labute approximate surface area is 119 Å². The molecule has 1 aromatic heterocycles. The van der Waals surface area contributed by atoms with Crippen molar-refractivity contribution in [3.05, 3.63) is 51.9 Å². The van der Waals surface area contributed by atoms with Gasteiger partial charge in [0.25, 0.3) is 5.56 Å². The molecule has 0 spiro atoms. The van der Waals surface area contributed by atoms with Crippen LogP contribution in [0, 0.1) is 0 Å². The first-order valence-corrected chi connectivity index (χ1v) is 7.41. The zero-order valence-corrected chi connectivity index (χ0v) is 11.9. The van der Waals surface area contributed by atoms with E-state index < -0.39 is 11.2 Å². The molecule has 2 aromatic rings. The van der Waals surface area contributed by atoms with Crippen molar-refractivity contribution in [3.63, 3.8) is 0 Å². The van der Waals surface area contributed by atoms with Gasteiger partial charge in [-0.25, -0.2) is 5.10 Å². The van der Waals surface area contributed by atoms with Crippen LogP contribution < -0.4 is 10.3 Å². The van der Waals surface area contributed by atoms with Crippen LogP contribution in [-0.2, 0) is 11.2 Å². The van der Waals surface area contributed by atoms with Crippen LogP contribution in [0.1, 0.15) is 11.3 Å². The second-order valence-corrected chi connectivity index (χ2v) is 5.39. The topological polar surface area (TPSA) is 78.0 Å². The molecule has 104 valence electrons. The zero-order chi connectivity index (χ0) is 14.5. The Kier molecular flexibility index (Phi) is 4.60. The van der Waals surface area contributed by atoms with Crippen molar-refractivity contribution in [2.45, 2.75) is 4.90 Å². The summed E-state index contributed by atoms with van der Waals surface area (Å²) < 4.78 is 16.9. The molecule has 1 atom stereocenters. The number of rotatable bonds is 4. The molecule has 6 heteroatoms. The molecule has 0 radical (unpaired) electrons. The third-order valence-corrected chi connectivity index (χ3v) is 3.64. The number of aromatic amines is 1. The van der Waals surface area contributed by atoms with Crippen LogP contribution >= 0.6 is 0 Å². The van der Waals surface area contributed by atoms with Crippen molar-refractivity contribution < 1.29 is 9.29 Å². The largest absolute Gasteiger partial charge is 0.612 e. The van der Waals surface area contributed by atoms with Crippen molar-refractivity contribution in [1.29, 1.82) is 0 Å². The number of H-pyrrole nitrogens is 1. The lowest BCUT2D eigenvalue weighted by Gasteiger charge is -2.09. The molecule has 2 rings (SSSR count). The minimum atomic E-state index is -1.12. The van der Waals surface area contributed by atoms with Gasteiger partial charge in [-0.3, -0.25) is 4.79 Å². The molecule has 0 amide bonds. The average Bonchev–Trinajstić information content (AvgIpc) is 2.46. The molecule has 1 aromatic carbocycles. The fourth-order valence-electron chi connectivity index (χ4n) is 1.65. The Hall–Kier alpha value is -2.05. The van der Waals surface area contributed by atoms with Gasteiger partial charge in [0.15, 0.2) is 4.90 Å². The highest BCUT2D eigenvalue weighted by molar-refractivity contribution is 7.90. The maximum atomic E-state index is 11.7. The van der Waals surface area contributed by atoms with E-state index in [0.717, 1.165) is 5.56 Å². The first kappa shape index (κ1) is 14.4. The summed E-state index contributed by atoms with van der Waals surface area (Å²) in [6.45, 7) is 0. The van der Waals surface area contributed by atoms with Crippen molar-refractivity contribution in [2.75, 3.05) is 13.4 Å². The SMILES string of the molecule is COc1ccc(/C=C/c2ccc(=O)[nH]n2)c([S+](C)[O-])c1. The Bertz CT molecular complexity index is 660. The summed E-state index contributed by atoms with van der Waals surface area (Å²) in [7, 11) is 1.57. The van der Waals surface area contributed by atoms with Gasteiger partial charge in [-0.15, -0.1) is 0 Å². The molecule has 1 unspecified atom stereocenters. The predicted octanol–water partition coefficient (Wildman–Crippen LogP) is 1.69. The van der Waals surface area contributed by atoms with E-state index in [4.69, 9.17) is 4.74 Å². The minimum Gasteiger partial charge on any atom is -0.612 e. The highest BCUT2D eigenvalue weighted by atomic mass is 32.2. The van der Waals surface area contributed by atoms with E-state index >= 15 is 0 Å². The normalized spacial score (nSPS) is 12.6. The van der Waals surface area contributed by atoms with Gasteiger partial charge >= 0.3 is 0 Å². The van der Waals surface area contributed by atoms with Crippen molar-refractivity contribution in [2.24, 2.45) is 0 Å². The number of aromatic nitrogens is 2. The zero-order valence-electron chi connectivity index (χ0n) is 11.1. The van der Waals surface area contributed by atoms with Gasteiger partial charge < -0.3 is 9.29 Å². The van der Waals surface area contributed by atoms with Crippen LogP contribution in [0.4, 0.5) is 0 Å². The van der Waals surface area contributed by atoms with Gasteiger partial charge in [0.05, 0.1) is 12.8 Å². The summed E-state index contributed by atoms with van der Waals surface area (Å²) in [5.74, 6) is 0.662. The molecular weight excluding hydrogens is 276 g/mol. The number of nitrogens with zero attached hydrogens (tertiary/aromatic N) is 1. The van der Waals surface area contributed by atoms with E-state index in [1.54, 1.807) is 43.7 Å². The monoisotopic (exact) mass is 290 g/mol. The first-order chi connectivity index (χ1) is 9.60. The lowest BCUT2D eigenvalue weighted by molar-refractivity contribution is 0.413. The number of hydrogen-bond donors (Lipinski definition) is 1. The Morgan fingerprint density at radius 2 is 2.10 bits per heavy atom. The molecule has 0 aliphatic rings. The van der Waals surface area contributed by atoms with Gasteiger partial charge in [0.1, 0.15) is 12.0 Å². The summed E-state index contributed by atoms with van der Waals surface area (Å²) in [6.07, 6.45) is 5.16. The Balaban J connectivity index is 2.32. The number of ether oxygens (including phenoxy) is 1. The molecule has 1 heterocycles. The maximum absolute atomic E-state index is 11.7. The lowest BCUT2D eigenvalue weighted by atomic mass is 10.2. The highest BCUT2D eigenvalue weighted by Crippen LogP contribution is 2.23. The third-order valence-electron chi connectivity index (χ3n) is 2.66. The van der Waals surface area contributed by atoms with E-state index in [1.165, 1.54) is 6.07 Å². The summed E-state index contributed by atoms with van der Waals surface area (Å²) in [6, 6.07) is 8.39. The fourth-order valence-corrected chi connectivity index (χ4v) is 2.40. The van der Waals surface area contributed by atoms with Crippen LogP contribution in [-0.4, -0.2) is 28.1 Å². The second-order valence-electron chi connectivity index (χ2n) is 4.04. The van der Waals surface area contributed by atoms with Gasteiger partial charge in [-0.1, -0.05) is 0 Å². The van der Waals surface area contributed by atoms with Gasteiger partial charge in [0, 0.05) is 17.7 Å². The van der Waals surface area contributed by atoms with E-state index in [0.29, 0.717) is 16.3 Å². The summed E-state index contributed by atoms with van der Waals surface area (Å²) in [5, 5.41) is 6.23. The standard InChI is InChI=1S/C14H14N2O3S/c1-19-12-7-4-10(13(9-12)20(2)18)3-5-11-6-8-14(17)16-15-11/h3-9H,1-2H3,(H,16,17)/b5-3+. The minimum absolute atomic E-state index is 0.248. The molecule has 20 heavy (non-hydrogen) atoms. The molecule has 5 nitrogen and oxygen atoms in total. The molecule has 0 saturated carbocycles. The number of benzene rings is 1. The first-order valence-electron chi connectivity index (χ1n) is 5.85. The van der Waals surface area contributed by atoms with E-state index in [2.05, 4.69) is 10.2 Å². The Morgan fingerprint density at radius 3 is 2.70 bits per heavy atom. The van der Waals surface area contributed by atoms with Crippen LogP contribution in [0.3, 0.4) is 0 Å².